The summed E-state index contributed by atoms with van der Waals surface area (Å²) in [4.78, 5) is 5.42. The van der Waals surface area contributed by atoms with Crippen LogP contribution in [-0.4, -0.2) is 60.6 Å². The fourth-order valence-corrected chi connectivity index (χ4v) is 3.76. The molecule has 2 aliphatic heterocycles. The van der Waals surface area contributed by atoms with E-state index in [2.05, 4.69) is 22.0 Å². The monoisotopic (exact) mass is 265 g/mol. The van der Waals surface area contributed by atoms with Gasteiger partial charge in [-0.3, -0.25) is 4.90 Å². The molecular formula is C16H31N3. The number of rotatable bonds is 5. The highest BCUT2D eigenvalue weighted by Gasteiger charge is 2.29. The molecule has 0 amide bonds. The fraction of sp³-hybridized carbons (Fsp3) is 1.00. The Morgan fingerprint density at radius 3 is 2.47 bits per heavy atom. The van der Waals surface area contributed by atoms with E-state index in [1.54, 1.807) is 0 Å². The normalized spacial score (nSPS) is 32.4. The number of nitrogens with zero attached hydrogens (tertiary/aromatic N) is 2. The van der Waals surface area contributed by atoms with E-state index in [0.717, 1.165) is 18.1 Å². The van der Waals surface area contributed by atoms with Crippen LogP contribution < -0.4 is 5.32 Å². The molecule has 1 N–H and O–H groups in total. The molecule has 3 aliphatic rings. The first-order valence-electron chi connectivity index (χ1n) is 8.54. The molecule has 3 fully saturated rings. The Morgan fingerprint density at radius 1 is 0.947 bits per heavy atom. The average molecular weight is 265 g/mol. The van der Waals surface area contributed by atoms with Gasteiger partial charge in [0, 0.05) is 31.2 Å². The lowest BCUT2D eigenvalue weighted by Gasteiger charge is -2.40. The zero-order valence-electron chi connectivity index (χ0n) is 12.6. The highest BCUT2D eigenvalue weighted by molar-refractivity contribution is 4.89. The van der Waals surface area contributed by atoms with Crippen molar-refractivity contribution in [3.05, 3.63) is 0 Å². The quantitative estimate of drug-likeness (QED) is 0.821. The molecule has 1 saturated carbocycles. The molecule has 2 atom stereocenters. The molecule has 3 nitrogen and oxygen atoms in total. The third-order valence-corrected chi connectivity index (χ3v) is 5.10. The van der Waals surface area contributed by atoms with Crippen molar-refractivity contribution >= 4 is 0 Å². The minimum atomic E-state index is 0.738. The van der Waals surface area contributed by atoms with E-state index in [9.17, 15) is 0 Å². The van der Waals surface area contributed by atoms with Crippen molar-refractivity contribution in [2.24, 2.45) is 0 Å². The lowest BCUT2D eigenvalue weighted by molar-refractivity contribution is 0.102. The van der Waals surface area contributed by atoms with Crippen LogP contribution in [0.4, 0.5) is 0 Å². The number of piperidine rings is 2. The summed E-state index contributed by atoms with van der Waals surface area (Å²) in [5.41, 5.74) is 0. The molecular weight excluding hydrogens is 234 g/mol. The number of likely N-dealkylation sites (tertiary alicyclic amines) is 2. The summed E-state index contributed by atoms with van der Waals surface area (Å²) in [6.45, 7) is 9.00. The van der Waals surface area contributed by atoms with Gasteiger partial charge in [0.1, 0.15) is 0 Å². The Kier molecular flexibility index (Phi) is 4.78. The molecule has 3 rings (SSSR count). The first-order valence-corrected chi connectivity index (χ1v) is 8.54. The Morgan fingerprint density at radius 2 is 1.74 bits per heavy atom. The van der Waals surface area contributed by atoms with E-state index in [1.807, 2.05) is 0 Å². The Hall–Kier alpha value is -0.120. The molecule has 0 aromatic carbocycles. The summed E-state index contributed by atoms with van der Waals surface area (Å²) < 4.78 is 0. The maximum Gasteiger partial charge on any atom is 0.0198 e. The summed E-state index contributed by atoms with van der Waals surface area (Å²) in [7, 11) is 0. The third kappa shape index (κ3) is 4.17. The van der Waals surface area contributed by atoms with Gasteiger partial charge in [0.05, 0.1) is 0 Å². The minimum absolute atomic E-state index is 0.738. The van der Waals surface area contributed by atoms with Gasteiger partial charge in [0.2, 0.25) is 0 Å². The van der Waals surface area contributed by atoms with Gasteiger partial charge < -0.3 is 10.2 Å². The van der Waals surface area contributed by atoms with Crippen molar-refractivity contribution in [2.75, 3.05) is 32.7 Å². The molecule has 0 aromatic rings. The second-order valence-corrected chi connectivity index (χ2v) is 6.99. The van der Waals surface area contributed by atoms with Crippen molar-refractivity contribution in [2.45, 2.75) is 70.0 Å². The van der Waals surface area contributed by atoms with E-state index in [-0.39, 0.29) is 0 Å². The smallest absolute Gasteiger partial charge is 0.0198 e. The largest absolute Gasteiger partial charge is 0.310 e. The van der Waals surface area contributed by atoms with Crippen LogP contribution in [0.5, 0.6) is 0 Å². The van der Waals surface area contributed by atoms with Crippen LogP contribution in [0, 0.1) is 0 Å². The van der Waals surface area contributed by atoms with Crippen molar-refractivity contribution in [3.63, 3.8) is 0 Å². The minimum Gasteiger partial charge on any atom is -0.310 e. The van der Waals surface area contributed by atoms with Crippen LogP contribution in [0.2, 0.25) is 0 Å². The molecule has 110 valence electrons. The SMILES string of the molecule is CC(CN1CCCCC1)N1CCCC(NC2CC2)C1. The van der Waals surface area contributed by atoms with Gasteiger partial charge in [-0.1, -0.05) is 6.42 Å². The Bertz CT molecular complexity index is 271. The molecule has 0 aromatic heterocycles. The average Bonchev–Trinajstić information content (AvgIpc) is 3.24. The van der Waals surface area contributed by atoms with Gasteiger partial charge in [-0.2, -0.15) is 0 Å². The molecule has 2 saturated heterocycles. The van der Waals surface area contributed by atoms with Crippen molar-refractivity contribution in [1.82, 2.24) is 15.1 Å². The third-order valence-electron chi connectivity index (χ3n) is 5.10. The highest BCUT2D eigenvalue weighted by atomic mass is 15.2. The summed E-state index contributed by atoms with van der Waals surface area (Å²) in [5, 5.41) is 3.83. The van der Waals surface area contributed by atoms with E-state index in [0.29, 0.717) is 0 Å². The molecule has 1 aliphatic carbocycles. The molecule has 0 spiro atoms. The predicted molar refractivity (Wildman–Crippen MR) is 80.5 cm³/mol. The topological polar surface area (TPSA) is 18.5 Å². The fourth-order valence-electron chi connectivity index (χ4n) is 3.76. The van der Waals surface area contributed by atoms with Gasteiger partial charge in [0.25, 0.3) is 0 Å². The Balaban J connectivity index is 1.43. The van der Waals surface area contributed by atoms with Crippen LogP contribution in [0.15, 0.2) is 0 Å². The first kappa shape index (κ1) is 13.8. The van der Waals surface area contributed by atoms with Crippen LogP contribution >= 0.6 is 0 Å². The Labute approximate surface area is 118 Å². The molecule has 3 heteroatoms. The van der Waals surface area contributed by atoms with E-state index < -0.39 is 0 Å². The highest BCUT2D eigenvalue weighted by Crippen LogP contribution is 2.22. The van der Waals surface area contributed by atoms with Crippen LogP contribution in [0.1, 0.15) is 51.9 Å². The summed E-state index contributed by atoms with van der Waals surface area (Å²) in [6, 6.07) is 2.37. The van der Waals surface area contributed by atoms with Crippen LogP contribution in [0.3, 0.4) is 0 Å². The standard InChI is InChI=1S/C16H31N3/c1-14(12-18-9-3-2-4-10-18)19-11-5-6-16(13-19)17-15-7-8-15/h14-17H,2-13H2,1H3. The molecule has 2 heterocycles. The van der Waals surface area contributed by atoms with Crippen molar-refractivity contribution in [3.8, 4) is 0 Å². The van der Waals surface area contributed by atoms with Gasteiger partial charge in [-0.05, 0) is 65.1 Å². The summed E-state index contributed by atoms with van der Waals surface area (Å²) in [6.07, 6.45) is 9.89. The van der Waals surface area contributed by atoms with E-state index >= 15 is 0 Å². The number of hydrogen-bond acceptors (Lipinski definition) is 3. The lowest BCUT2D eigenvalue weighted by atomic mass is 10.0. The molecule has 0 bridgehead atoms. The maximum atomic E-state index is 3.83. The van der Waals surface area contributed by atoms with Crippen molar-refractivity contribution < 1.29 is 0 Å². The second kappa shape index (κ2) is 6.55. The van der Waals surface area contributed by atoms with Crippen molar-refractivity contribution in [1.29, 1.82) is 0 Å². The zero-order valence-corrected chi connectivity index (χ0v) is 12.6. The lowest BCUT2D eigenvalue weighted by Crippen LogP contribution is -2.52. The van der Waals surface area contributed by atoms with Gasteiger partial charge >= 0.3 is 0 Å². The van der Waals surface area contributed by atoms with E-state index in [1.165, 1.54) is 77.7 Å². The zero-order chi connectivity index (χ0) is 13.1. The summed E-state index contributed by atoms with van der Waals surface area (Å²) in [5.74, 6) is 0. The van der Waals surface area contributed by atoms with Crippen LogP contribution in [-0.2, 0) is 0 Å². The van der Waals surface area contributed by atoms with E-state index in [4.69, 9.17) is 0 Å². The van der Waals surface area contributed by atoms with Gasteiger partial charge in [0.15, 0.2) is 0 Å². The summed E-state index contributed by atoms with van der Waals surface area (Å²) >= 11 is 0. The number of nitrogens with one attached hydrogen (secondary N) is 1. The first-order chi connectivity index (χ1) is 9.31. The molecule has 2 unspecified atom stereocenters. The maximum absolute atomic E-state index is 3.83. The molecule has 19 heavy (non-hydrogen) atoms. The predicted octanol–water partition coefficient (Wildman–Crippen LogP) is 2.08. The van der Waals surface area contributed by atoms with Gasteiger partial charge in [-0.15, -0.1) is 0 Å². The van der Waals surface area contributed by atoms with Crippen LogP contribution in [0.25, 0.3) is 0 Å². The van der Waals surface area contributed by atoms with Gasteiger partial charge in [-0.25, -0.2) is 0 Å². The molecule has 0 radical (unpaired) electrons. The number of hydrogen-bond donors (Lipinski definition) is 1. The second-order valence-electron chi connectivity index (χ2n) is 6.99.